The number of nitrogens with two attached hydrogens (primary N) is 1. The maximum Gasteiger partial charge on any atom is 0.0693 e. The van der Waals surface area contributed by atoms with Crippen LogP contribution in [0, 0.1) is 5.92 Å². The van der Waals surface area contributed by atoms with Crippen molar-refractivity contribution < 1.29 is 0 Å². The molecule has 3 rings (SSSR count). The van der Waals surface area contributed by atoms with Crippen molar-refractivity contribution in [1.82, 2.24) is 15.0 Å². The zero-order valence-corrected chi connectivity index (χ0v) is 12.5. The van der Waals surface area contributed by atoms with E-state index in [9.17, 15) is 0 Å². The monoisotopic (exact) mass is 285 g/mol. The lowest BCUT2D eigenvalue weighted by atomic mass is 9.90. The zero-order chi connectivity index (χ0) is 14.7. The summed E-state index contributed by atoms with van der Waals surface area (Å²) in [6, 6.07) is 8.63. The molecule has 1 aromatic carbocycles. The quantitative estimate of drug-likeness (QED) is 0.877. The van der Waals surface area contributed by atoms with E-state index in [0.717, 1.165) is 24.7 Å². The molecule has 1 aromatic heterocycles. The highest BCUT2D eigenvalue weighted by molar-refractivity contribution is 5.53. The normalized spacial score (nSPS) is 17.9. The predicted octanol–water partition coefficient (Wildman–Crippen LogP) is 2.73. The van der Waals surface area contributed by atoms with Crippen LogP contribution >= 0.6 is 0 Å². The number of rotatable bonds is 4. The molecule has 0 radical (unpaired) electrons. The van der Waals surface area contributed by atoms with Gasteiger partial charge in [-0.2, -0.15) is 0 Å². The third kappa shape index (κ3) is 3.35. The van der Waals surface area contributed by atoms with Gasteiger partial charge in [-0.1, -0.05) is 5.21 Å². The van der Waals surface area contributed by atoms with E-state index in [0.29, 0.717) is 6.04 Å². The van der Waals surface area contributed by atoms with Gasteiger partial charge in [0.25, 0.3) is 0 Å². The number of anilines is 2. The van der Waals surface area contributed by atoms with Gasteiger partial charge in [0.15, 0.2) is 0 Å². The maximum atomic E-state index is 5.75. The van der Waals surface area contributed by atoms with Gasteiger partial charge < -0.3 is 10.6 Å². The topological polar surface area (TPSA) is 60.0 Å². The molecule has 0 amide bonds. The highest BCUT2D eigenvalue weighted by Gasteiger charge is 2.21. The van der Waals surface area contributed by atoms with Gasteiger partial charge in [-0.15, -0.1) is 5.10 Å². The predicted molar refractivity (Wildman–Crippen MR) is 85.1 cm³/mol. The van der Waals surface area contributed by atoms with E-state index in [-0.39, 0.29) is 0 Å². The molecule has 2 N–H and O–H groups in total. The summed E-state index contributed by atoms with van der Waals surface area (Å²) >= 11 is 0. The van der Waals surface area contributed by atoms with Gasteiger partial charge in [-0.05, 0) is 56.4 Å². The van der Waals surface area contributed by atoms with E-state index < -0.39 is 0 Å². The van der Waals surface area contributed by atoms with Gasteiger partial charge in [0.05, 0.1) is 12.2 Å². The number of nitrogens with zero attached hydrogens (tertiary/aromatic N) is 4. The molecule has 0 spiro atoms. The second-order valence-corrected chi connectivity index (χ2v) is 5.99. The molecule has 1 atom stereocenters. The summed E-state index contributed by atoms with van der Waals surface area (Å²) in [7, 11) is 0. The smallest absolute Gasteiger partial charge is 0.0693 e. The average molecular weight is 285 g/mol. The fourth-order valence-corrected chi connectivity index (χ4v) is 3.15. The fraction of sp³-hybridized carbons (Fsp3) is 0.500. The van der Waals surface area contributed by atoms with Crippen molar-refractivity contribution in [2.24, 2.45) is 5.92 Å². The van der Waals surface area contributed by atoms with E-state index in [2.05, 4.69) is 34.3 Å². The minimum Gasteiger partial charge on any atom is -0.399 e. The van der Waals surface area contributed by atoms with Crippen LogP contribution in [0.25, 0.3) is 0 Å². The Hall–Kier alpha value is -2.04. The molecule has 2 aromatic rings. The molecule has 1 unspecified atom stereocenters. The SMILES string of the molecule is CC(CC1CCN(c2ccc(N)cc2)CC1)n1ccnn1. The van der Waals surface area contributed by atoms with E-state index in [1.165, 1.54) is 24.9 Å². The molecular formula is C16H23N5. The van der Waals surface area contributed by atoms with Crippen LogP contribution in [0.1, 0.15) is 32.2 Å². The summed E-state index contributed by atoms with van der Waals surface area (Å²) in [5.41, 5.74) is 7.86. The van der Waals surface area contributed by atoms with Crippen LogP contribution in [-0.2, 0) is 0 Å². The average Bonchev–Trinajstić information content (AvgIpc) is 3.03. The Balaban J connectivity index is 1.52. The lowest BCUT2D eigenvalue weighted by molar-refractivity contribution is 0.310. The first-order chi connectivity index (χ1) is 10.2. The van der Waals surface area contributed by atoms with Crippen molar-refractivity contribution in [1.29, 1.82) is 0 Å². The summed E-state index contributed by atoms with van der Waals surface area (Å²) in [5.74, 6) is 0.772. The number of piperidine rings is 1. The van der Waals surface area contributed by atoms with E-state index in [1.54, 1.807) is 6.20 Å². The van der Waals surface area contributed by atoms with Crippen molar-refractivity contribution in [2.75, 3.05) is 23.7 Å². The van der Waals surface area contributed by atoms with Crippen molar-refractivity contribution in [3.05, 3.63) is 36.7 Å². The molecule has 2 heterocycles. The minimum absolute atomic E-state index is 0.431. The molecule has 5 heteroatoms. The van der Waals surface area contributed by atoms with Crippen molar-refractivity contribution >= 4 is 11.4 Å². The third-order valence-electron chi connectivity index (χ3n) is 4.44. The summed E-state index contributed by atoms with van der Waals surface area (Å²) in [5, 5.41) is 7.99. The second-order valence-electron chi connectivity index (χ2n) is 5.99. The van der Waals surface area contributed by atoms with Gasteiger partial charge in [0.2, 0.25) is 0 Å². The number of benzene rings is 1. The first kappa shape index (κ1) is 13.9. The summed E-state index contributed by atoms with van der Waals surface area (Å²) < 4.78 is 1.96. The van der Waals surface area contributed by atoms with Gasteiger partial charge in [0, 0.05) is 30.7 Å². The first-order valence-corrected chi connectivity index (χ1v) is 7.68. The van der Waals surface area contributed by atoms with Gasteiger partial charge in [0.1, 0.15) is 0 Å². The molecule has 0 bridgehead atoms. The summed E-state index contributed by atoms with van der Waals surface area (Å²) in [6.07, 6.45) is 7.36. The summed E-state index contributed by atoms with van der Waals surface area (Å²) in [6.45, 7) is 4.47. The molecule has 0 aliphatic carbocycles. The molecule has 1 saturated heterocycles. The second kappa shape index (κ2) is 6.16. The Labute approximate surface area is 125 Å². The highest BCUT2D eigenvalue weighted by atomic mass is 15.4. The van der Waals surface area contributed by atoms with E-state index in [4.69, 9.17) is 5.73 Å². The van der Waals surface area contributed by atoms with E-state index in [1.807, 2.05) is 23.0 Å². The fourth-order valence-electron chi connectivity index (χ4n) is 3.15. The Kier molecular flexibility index (Phi) is 4.08. The van der Waals surface area contributed by atoms with Crippen molar-refractivity contribution in [3.63, 3.8) is 0 Å². The molecule has 1 fully saturated rings. The van der Waals surface area contributed by atoms with Crippen LogP contribution in [-0.4, -0.2) is 28.1 Å². The summed E-state index contributed by atoms with van der Waals surface area (Å²) in [4.78, 5) is 2.45. The van der Waals surface area contributed by atoms with Crippen LogP contribution < -0.4 is 10.6 Å². The maximum absolute atomic E-state index is 5.75. The van der Waals surface area contributed by atoms with E-state index >= 15 is 0 Å². The largest absolute Gasteiger partial charge is 0.399 e. The Morgan fingerprint density at radius 1 is 1.24 bits per heavy atom. The lowest BCUT2D eigenvalue weighted by Gasteiger charge is -2.34. The molecule has 112 valence electrons. The molecule has 1 aliphatic heterocycles. The minimum atomic E-state index is 0.431. The number of hydrogen-bond donors (Lipinski definition) is 1. The third-order valence-corrected chi connectivity index (χ3v) is 4.44. The van der Waals surface area contributed by atoms with Crippen LogP contribution in [0.5, 0.6) is 0 Å². The van der Waals surface area contributed by atoms with Gasteiger partial charge in [-0.3, -0.25) is 0 Å². The molecule has 5 nitrogen and oxygen atoms in total. The van der Waals surface area contributed by atoms with Crippen LogP contribution in [0.3, 0.4) is 0 Å². The van der Waals surface area contributed by atoms with Gasteiger partial charge in [-0.25, -0.2) is 4.68 Å². The number of nitrogen functional groups attached to an aromatic ring is 1. The van der Waals surface area contributed by atoms with Crippen LogP contribution in [0.2, 0.25) is 0 Å². The standard InChI is InChI=1S/C16H23N5/c1-13(21-11-8-18-19-21)12-14-6-9-20(10-7-14)16-4-2-15(17)3-5-16/h2-5,8,11,13-14H,6-7,9-10,12,17H2,1H3. The molecule has 21 heavy (non-hydrogen) atoms. The number of aromatic nitrogens is 3. The van der Waals surface area contributed by atoms with Crippen LogP contribution in [0.15, 0.2) is 36.7 Å². The Morgan fingerprint density at radius 2 is 1.95 bits per heavy atom. The molecular weight excluding hydrogens is 262 g/mol. The Morgan fingerprint density at radius 3 is 2.57 bits per heavy atom. The molecule has 0 saturated carbocycles. The zero-order valence-electron chi connectivity index (χ0n) is 12.5. The van der Waals surface area contributed by atoms with Crippen molar-refractivity contribution in [2.45, 2.75) is 32.2 Å². The first-order valence-electron chi connectivity index (χ1n) is 7.68. The van der Waals surface area contributed by atoms with Gasteiger partial charge >= 0.3 is 0 Å². The Bertz CT molecular complexity index is 541. The molecule has 1 aliphatic rings. The highest BCUT2D eigenvalue weighted by Crippen LogP contribution is 2.28. The van der Waals surface area contributed by atoms with Crippen molar-refractivity contribution in [3.8, 4) is 0 Å². The number of hydrogen-bond acceptors (Lipinski definition) is 4. The lowest BCUT2D eigenvalue weighted by Crippen LogP contribution is -2.34. The van der Waals surface area contributed by atoms with Crippen LogP contribution in [0.4, 0.5) is 11.4 Å².